The molecule has 0 bridgehead atoms. The molecule has 0 radical (unpaired) electrons. The number of piperidine rings is 1. The lowest BCUT2D eigenvalue weighted by Gasteiger charge is -2.34. The number of benzene rings is 2. The lowest BCUT2D eigenvalue weighted by Crippen LogP contribution is -2.41. The minimum Gasteiger partial charge on any atom is -0.392 e. The molecule has 1 aromatic heterocycles. The van der Waals surface area contributed by atoms with E-state index in [9.17, 15) is 9.90 Å². The van der Waals surface area contributed by atoms with Crippen molar-refractivity contribution in [3.8, 4) is 0 Å². The first kappa shape index (κ1) is 16.9. The van der Waals surface area contributed by atoms with Crippen LogP contribution in [-0.2, 0) is 6.42 Å². The highest BCUT2D eigenvalue weighted by molar-refractivity contribution is 5.98. The molecule has 0 aliphatic carbocycles. The number of hydrogen-bond donors (Lipinski definition) is 2. The van der Waals surface area contributed by atoms with Gasteiger partial charge in [0.25, 0.3) is 5.91 Å². The summed E-state index contributed by atoms with van der Waals surface area (Å²) in [7, 11) is 0. The van der Waals surface area contributed by atoms with E-state index in [4.69, 9.17) is 0 Å². The Hall–Kier alpha value is -2.59. The van der Waals surface area contributed by atoms with E-state index in [1.807, 2.05) is 53.6 Å². The average Bonchev–Trinajstić information content (AvgIpc) is 3.16. The molecule has 1 fully saturated rings. The number of hydrogen-bond acceptors (Lipinski definition) is 2. The van der Waals surface area contributed by atoms with Crippen LogP contribution >= 0.6 is 0 Å². The third-order valence-corrected chi connectivity index (χ3v) is 5.46. The Bertz CT molecular complexity index is 879. The van der Waals surface area contributed by atoms with Crippen LogP contribution in [0.1, 0.15) is 28.8 Å². The molecule has 0 spiro atoms. The Morgan fingerprint density at radius 2 is 1.88 bits per heavy atom. The molecule has 1 aliphatic heterocycles. The second-order valence-electron chi connectivity index (χ2n) is 7.17. The van der Waals surface area contributed by atoms with E-state index in [0.29, 0.717) is 19.5 Å². The van der Waals surface area contributed by atoms with Crippen molar-refractivity contribution in [1.29, 1.82) is 0 Å². The number of rotatable bonds is 4. The Morgan fingerprint density at radius 3 is 2.65 bits per heavy atom. The van der Waals surface area contributed by atoms with Crippen molar-refractivity contribution in [3.05, 3.63) is 71.9 Å². The van der Waals surface area contributed by atoms with Gasteiger partial charge in [-0.1, -0.05) is 36.4 Å². The molecular formula is C22H24N2O2. The van der Waals surface area contributed by atoms with Gasteiger partial charge in [-0.15, -0.1) is 0 Å². The molecule has 0 saturated carbocycles. The Labute approximate surface area is 153 Å². The van der Waals surface area contributed by atoms with Gasteiger partial charge in [0.05, 0.1) is 6.10 Å². The quantitative estimate of drug-likeness (QED) is 0.756. The van der Waals surface area contributed by atoms with Crippen molar-refractivity contribution < 1.29 is 9.90 Å². The summed E-state index contributed by atoms with van der Waals surface area (Å²) in [5.74, 6) is 0.336. The Balaban J connectivity index is 1.36. The molecule has 1 saturated heterocycles. The molecule has 134 valence electrons. The number of nitrogens with zero attached hydrogens (tertiary/aromatic N) is 1. The van der Waals surface area contributed by atoms with Gasteiger partial charge in [0.15, 0.2) is 0 Å². The number of aromatic nitrogens is 1. The molecule has 1 aliphatic rings. The van der Waals surface area contributed by atoms with Crippen LogP contribution in [0.5, 0.6) is 0 Å². The van der Waals surface area contributed by atoms with Crippen molar-refractivity contribution in [3.63, 3.8) is 0 Å². The van der Waals surface area contributed by atoms with E-state index in [-0.39, 0.29) is 17.9 Å². The molecule has 1 unspecified atom stereocenters. The molecule has 1 amide bonds. The first-order valence-electron chi connectivity index (χ1n) is 9.29. The Morgan fingerprint density at radius 1 is 1.12 bits per heavy atom. The molecule has 4 heteroatoms. The van der Waals surface area contributed by atoms with Crippen LogP contribution in [0.2, 0.25) is 0 Å². The third-order valence-electron chi connectivity index (χ3n) is 5.46. The van der Waals surface area contributed by atoms with Crippen LogP contribution in [0.25, 0.3) is 10.9 Å². The number of aromatic amines is 1. The normalized spacial score (nSPS) is 16.7. The summed E-state index contributed by atoms with van der Waals surface area (Å²) in [6, 6.07) is 17.9. The molecule has 26 heavy (non-hydrogen) atoms. The highest BCUT2D eigenvalue weighted by Crippen LogP contribution is 2.25. The molecule has 2 heterocycles. The number of carbonyl (C=O) groups is 1. The van der Waals surface area contributed by atoms with Crippen LogP contribution < -0.4 is 0 Å². The number of carbonyl (C=O) groups excluding carboxylic acids is 1. The number of nitrogens with one attached hydrogen (secondary N) is 1. The van der Waals surface area contributed by atoms with Crippen molar-refractivity contribution in [2.75, 3.05) is 13.1 Å². The van der Waals surface area contributed by atoms with Crippen molar-refractivity contribution in [1.82, 2.24) is 9.88 Å². The van der Waals surface area contributed by atoms with Crippen molar-refractivity contribution in [2.24, 2.45) is 5.92 Å². The van der Waals surface area contributed by atoms with Crippen LogP contribution in [0, 0.1) is 5.92 Å². The molecular weight excluding hydrogens is 324 g/mol. The van der Waals surface area contributed by atoms with Gasteiger partial charge in [-0.25, -0.2) is 0 Å². The minimum atomic E-state index is -0.343. The average molecular weight is 348 g/mol. The van der Waals surface area contributed by atoms with E-state index >= 15 is 0 Å². The molecule has 2 N–H and O–H groups in total. The first-order chi connectivity index (χ1) is 12.7. The fourth-order valence-electron chi connectivity index (χ4n) is 3.87. The van der Waals surface area contributed by atoms with E-state index < -0.39 is 0 Å². The number of aliphatic hydroxyl groups excluding tert-OH is 1. The van der Waals surface area contributed by atoms with Gasteiger partial charge in [-0.3, -0.25) is 4.79 Å². The van der Waals surface area contributed by atoms with Crippen LogP contribution in [0.4, 0.5) is 0 Å². The molecule has 2 aromatic carbocycles. The number of fused-ring (bicyclic) bond motifs is 1. The standard InChI is InChI=1S/C22H24N2O2/c25-21(14-16-4-2-1-3-5-16)18-9-12-24(13-10-18)22(26)19-7-6-17-8-11-23-20(17)15-19/h1-8,11,15,18,21,23,25H,9-10,12-14H2. The second-order valence-corrected chi connectivity index (χ2v) is 7.17. The number of H-pyrrole nitrogens is 1. The van der Waals surface area contributed by atoms with Crippen LogP contribution in [0.15, 0.2) is 60.8 Å². The predicted octanol–water partition coefficient (Wildman–Crippen LogP) is 3.62. The van der Waals surface area contributed by atoms with Crippen molar-refractivity contribution >= 4 is 16.8 Å². The third kappa shape index (κ3) is 3.51. The second kappa shape index (κ2) is 7.34. The van der Waals surface area contributed by atoms with E-state index in [1.54, 1.807) is 0 Å². The highest BCUT2D eigenvalue weighted by Gasteiger charge is 2.28. The molecule has 4 rings (SSSR count). The molecule has 3 aromatic rings. The monoisotopic (exact) mass is 348 g/mol. The Kier molecular flexibility index (Phi) is 4.76. The summed E-state index contributed by atoms with van der Waals surface area (Å²) in [6.07, 6.45) is 3.93. The van der Waals surface area contributed by atoms with E-state index in [0.717, 1.165) is 34.9 Å². The summed E-state index contributed by atoms with van der Waals surface area (Å²) < 4.78 is 0. The summed E-state index contributed by atoms with van der Waals surface area (Å²) in [5.41, 5.74) is 2.88. The maximum atomic E-state index is 12.8. The number of amides is 1. The molecule has 1 atom stereocenters. The lowest BCUT2D eigenvalue weighted by molar-refractivity contribution is 0.0467. The fraction of sp³-hybridized carbons (Fsp3) is 0.318. The summed E-state index contributed by atoms with van der Waals surface area (Å²) in [6.45, 7) is 1.41. The smallest absolute Gasteiger partial charge is 0.253 e. The SMILES string of the molecule is O=C(c1ccc2cc[nH]c2c1)N1CCC(C(O)Cc2ccccc2)CC1. The maximum Gasteiger partial charge on any atom is 0.253 e. The lowest BCUT2D eigenvalue weighted by atomic mass is 9.87. The van der Waals surface area contributed by atoms with Gasteiger partial charge < -0.3 is 15.0 Å². The zero-order valence-electron chi connectivity index (χ0n) is 14.8. The highest BCUT2D eigenvalue weighted by atomic mass is 16.3. The zero-order chi connectivity index (χ0) is 17.9. The van der Waals surface area contributed by atoms with E-state index in [2.05, 4.69) is 17.1 Å². The summed E-state index contributed by atoms with van der Waals surface area (Å²) >= 11 is 0. The van der Waals surface area contributed by atoms with Gasteiger partial charge in [0.2, 0.25) is 0 Å². The van der Waals surface area contributed by atoms with Gasteiger partial charge in [0, 0.05) is 30.4 Å². The minimum absolute atomic E-state index is 0.0810. The summed E-state index contributed by atoms with van der Waals surface area (Å²) in [5, 5.41) is 11.7. The largest absolute Gasteiger partial charge is 0.392 e. The van der Waals surface area contributed by atoms with Crippen molar-refractivity contribution in [2.45, 2.75) is 25.4 Å². The predicted molar refractivity (Wildman–Crippen MR) is 103 cm³/mol. The van der Waals surface area contributed by atoms with Gasteiger partial charge in [-0.2, -0.15) is 0 Å². The van der Waals surface area contributed by atoms with Crippen LogP contribution in [0.3, 0.4) is 0 Å². The fourth-order valence-corrected chi connectivity index (χ4v) is 3.87. The van der Waals surface area contributed by atoms with Gasteiger partial charge >= 0.3 is 0 Å². The van der Waals surface area contributed by atoms with Crippen LogP contribution in [-0.4, -0.2) is 40.1 Å². The summed E-state index contributed by atoms with van der Waals surface area (Å²) in [4.78, 5) is 17.9. The zero-order valence-corrected chi connectivity index (χ0v) is 14.8. The van der Waals surface area contributed by atoms with Gasteiger partial charge in [0.1, 0.15) is 0 Å². The number of aliphatic hydroxyl groups is 1. The topological polar surface area (TPSA) is 56.3 Å². The van der Waals surface area contributed by atoms with E-state index in [1.165, 1.54) is 0 Å². The first-order valence-corrected chi connectivity index (χ1v) is 9.29. The maximum absolute atomic E-state index is 12.8. The number of likely N-dealkylation sites (tertiary alicyclic amines) is 1. The molecule has 4 nitrogen and oxygen atoms in total. The van der Waals surface area contributed by atoms with Gasteiger partial charge in [-0.05, 0) is 54.3 Å².